The van der Waals surface area contributed by atoms with E-state index in [0.29, 0.717) is 18.4 Å². The molecule has 1 aromatic rings. The molecule has 0 bridgehead atoms. The fourth-order valence-electron chi connectivity index (χ4n) is 1.72. The third kappa shape index (κ3) is 2.40. The minimum atomic E-state index is 0.260. The molecule has 0 radical (unpaired) electrons. The molecule has 3 nitrogen and oxygen atoms in total. The second kappa shape index (κ2) is 4.50. The fraction of sp³-hybridized carbons (Fsp3) is 0.692. The van der Waals surface area contributed by atoms with Crippen molar-refractivity contribution in [1.29, 1.82) is 0 Å². The van der Waals surface area contributed by atoms with Gasteiger partial charge in [-0.15, -0.1) is 0 Å². The third-order valence-corrected chi connectivity index (χ3v) is 3.16. The number of nitrogens with zero attached hydrogens (tertiary/aromatic N) is 2. The van der Waals surface area contributed by atoms with Crippen molar-refractivity contribution >= 4 is 0 Å². The topological polar surface area (TPSA) is 51.8 Å². The first-order chi connectivity index (χ1) is 7.61. The van der Waals surface area contributed by atoms with E-state index in [-0.39, 0.29) is 5.92 Å². The number of aromatic nitrogens is 2. The van der Waals surface area contributed by atoms with Crippen LogP contribution in [0.15, 0.2) is 6.07 Å². The lowest BCUT2D eigenvalue weighted by molar-refractivity contribution is 0.678. The first-order valence-electron chi connectivity index (χ1n) is 6.20. The van der Waals surface area contributed by atoms with Gasteiger partial charge in [-0.25, -0.2) is 9.97 Å². The quantitative estimate of drug-likeness (QED) is 0.846. The Kier molecular flexibility index (Phi) is 3.24. The lowest BCUT2D eigenvalue weighted by Gasteiger charge is -2.13. The first-order valence-corrected chi connectivity index (χ1v) is 6.20. The Morgan fingerprint density at radius 1 is 1.31 bits per heavy atom. The smallest absolute Gasteiger partial charge is 0.132 e. The van der Waals surface area contributed by atoms with Gasteiger partial charge < -0.3 is 5.73 Å². The van der Waals surface area contributed by atoms with Crippen molar-refractivity contribution in [2.75, 3.05) is 6.54 Å². The van der Waals surface area contributed by atoms with E-state index in [0.717, 1.165) is 11.5 Å². The third-order valence-electron chi connectivity index (χ3n) is 3.16. The molecule has 1 saturated carbocycles. The monoisotopic (exact) mass is 219 g/mol. The average molecular weight is 219 g/mol. The summed E-state index contributed by atoms with van der Waals surface area (Å²) in [5.41, 5.74) is 8.08. The number of nitrogens with two attached hydrogens (primary N) is 1. The highest BCUT2D eigenvalue weighted by Gasteiger charge is 2.26. The summed E-state index contributed by atoms with van der Waals surface area (Å²) in [6, 6.07) is 2.18. The summed E-state index contributed by atoms with van der Waals surface area (Å²) in [5.74, 6) is 2.33. The molecule has 1 aliphatic rings. The molecule has 16 heavy (non-hydrogen) atoms. The standard InChI is InChI=1S/C13H21N3/c1-8(2)11-6-12(10-4-5-10)16-13(15-11)9(3)7-14/h6,8-10H,4-5,7,14H2,1-3H3. The van der Waals surface area contributed by atoms with Crippen molar-refractivity contribution in [3.63, 3.8) is 0 Å². The minimum absolute atomic E-state index is 0.260. The molecule has 0 aromatic carbocycles. The molecule has 0 amide bonds. The normalized spacial score (nSPS) is 17.8. The molecule has 1 fully saturated rings. The van der Waals surface area contributed by atoms with Crippen LogP contribution >= 0.6 is 0 Å². The van der Waals surface area contributed by atoms with Gasteiger partial charge in [0.05, 0.1) is 0 Å². The second-order valence-electron chi connectivity index (χ2n) is 5.14. The summed E-state index contributed by atoms with van der Waals surface area (Å²) in [7, 11) is 0. The Morgan fingerprint density at radius 3 is 2.50 bits per heavy atom. The van der Waals surface area contributed by atoms with E-state index >= 15 is 0 Å². The molecule has 1 unspecified atom stereocenters. The number of rotatable bonds is 4. The molecule has 0 spiro atoms. The van der Waals surface area contributed by atoms with E-state index < -0.39 is 0 Å². The zero-order valence-corrected chi connectivity index (χ0v) is 10.4. The summed E-state index contributed by atoms with van der Waals surface area (Å²) in [5, 5.41) is 0. The van der Waals surface area contributed by atoms with Gasteiger partial charge in [-0.2, -0.15) is 0 Å². The van der Waals surface area contributed by atoms with Crippen LogP contribution in [0.25, 0.3) is 0 Å². The van der Waals surface area contributed by atoms with E-state index in [2.05, 4.69) is 36.8 Å². The number of hydrogen-bond donors (Lipinski definition) is 1. The molecule has 2 rings (SSSR count). The second-order valence-corrected chi connectivity index (χ2v) is 5.14. The summed E-state index contributed by atoms with van der Waals surface area (Å²) >= 11 is 0. The van der Waals surface area contributed by atoms with Gasteiger partial charge in [0.25, 0.3) is 0 Å². The molecule has 1 atom stereocenters. The Hall–Kier alpha value is -0.960. The van der Waals surface area contributed by atoms with Gasteiger partial charge in [-0.1, -0.05) is 20.8 Å². The van der Waals surface area contributed by atoms with E-state index in [1.807, 2.05) is 0 Å². The van der Waals surface area contributed by atoms with Crippen LogP contribution in [-0.4, -0.2) is 16.5 Å². The molecule has 1 aliphatic carbocycles. The summed E-state index contributed by atoms with van der Waals surface area (Å²) in [6.07, 6.45) is 2.57. The van der Waals surface area contributed by atoms with Crippen LogP contribution in [0.2, 0.25) is 0 Å². The summed E-state index contributed by atoms with van der Waals surface area (Å²) < 4.78 is 0. The molecular formula is C13H21N3. The van der Waals surface area contributed by atoms with E-state index in [1.54, 1.807) is 0 Å². The molecule has 1 aromatic heterocycles. The molecule has 1 heterocycles. The maximum atomic E-state index is 5.69. The lowest BCUT2D eigenvalue weighted by Crippen LogP contribution is -2.14. The molecule has 0 saturated heterocycles. The molecular weight excluding hydrogens is 198 g/mol. The fourth-order valence-corrected chi connectivity index (χ4v) is 1.72. The minimum Gasteiger partial charge on any atom is -0.330 e. The van der Waals surface area contributed by atoms with Crippen molar-refractivity contribution in [2.45, 2.75) is 51.4 Å². The zero-order valence-electron chi connectivity index (χ0n) is 10.4. The van der Waals surface area contributed by atoms with Gasteiger partial charge in [-0.05, 0) is 24.8 Å². The maximum Gasteiger partial charge on any atom is 0.132 e. The Labute approximate surface area is 97.5 Å². The molecule has 88 valence electrons. The molecule has 2 N–H and O–H groups in total. The highest BCUT2D eigenvalue weighted by molar-refractivity contribution is 5.22. The van der Waals surface area contributed by atoms with Crippen molar-refractivity contribution < 1.29 is 0 Å². The summed E-state index contributed by atoms with van der Waals surface area (Å²) in [4.78, 5) is 9.28. The Morgan fingerprint density at radius 2 is 2.00 bits per heavy atom. The van der Waals surface area contributed by atoms with Crippen LogP contribution in [0.4, 0.5) is 0 Å². The molecule has 3 heteroatoms. The van der Waals surface area contributed by atoms with E-state index in [4.69, 9.17) is 5.73 Å². The predicted octanol–water partition coefficient (Wildman–Crippen LogP) is 2.54. The summed E-state index contributed by atoms with van der Waals surface area (Å²) in [6.45, 7) is 7.06. The van der Waals surface area contributed by atoms with Crippen molar-refractivity contribution in [1.82, 2.24) is 9.97 Å². The van der Waals surface area contributed by atoms with Gasteiger partial charge >= 0.3 is 0 Å². The van der Waals surface area contributed by atoms with Gasteiger partial charge in [0.15, 0.2) is 0 Å². The SMILES string of the molecule is CC(C)c1cc(C2CC2)nc(C(C)CN)n1. The van der Waals surface area contributed by atoms with Crippen LogP contribution in [0.3, 0.4) is 0 Å². The van der Waals surface area contributed by atoms with Gasteiger partial charge in [-0.3, -0.25) is 0 Å². The van der Waals surface area contributed by atoms with Crippen molar-refractivity contribution in [3.05, 3.63) is 23.3 Å². The van der Waals surface area contributed by atoms with Crippen LogP contribution in [0.1, 0.15) is 68.6 Å². The van der Waals surface area contributed by atoms with Gasteiger partial charge in [0.2, 0.25) is 0 Å². The first kappa shape index (κ1) is 11.5. The zero-order chi connectivity index (χ0) is 11.7. The largest absolute Gasteiger partial charge is 0.330 e. The van der Waals surface area contributed by atoms with Gasteiger partial charge in [0, 0.05) is 29.8 Å². The predicted molar refractivity (Wildman–Crippen MR) is 65.6 cm³/mol. The van der Waals surface area contributed by atoms with Crippen LogP contribution < -0.4 is 5.73 Å². The van der Waals surface area contributed by atoms with Gasteiger partial charge in [0.1, 0.15) is 5.82 Å². The Bertz CT molecular complexity index is 349. The highest BCUT2D eigenvalue weighted by atomic mass is 14.9. The van der Waals surface area contributed by atoms with Crippen LogP contribution in [-0.2, 0) is 0 Å². The average Bonchev–Trinajstić information content (AvgIpc) is 3.11. The molecule has 0 aliphatic heterocycles. The van der Waals surface area contributed by atoms with Crippen molar-refractivity contribution in [3.8, 4) is 0 Å². The Balaban J connectivity index is 2.36. The number of hydrogen-bond acceptors (Lipinski definition) is 3. The maximum absolute atomic E-state index is 5.69. The highest BCUT2D eigenvalue weighted by Crippen LogP contribution is 2.39. The lowest BCUT2D eigenvalue weighted by atomic mass is 10.1. The van der Waals surface area contributed by atoms with Crippen LogP contribution in [0.5, 0.6) is 0 Å². The van der Waals surface area contributed by atoms with E-state index in [9.17, 15) is 0 Å². The van der Waals surface area contributed by atoms with E-state index in [1.165, 1.54) is 18.5 Å². The van der Waals surface area contributed by atoms with Crippen LogP contribution in [0, 0.1) is 0 Å². The van der Waals surface area contributed by atoms with Crippen molar-refractivity contribution in [2.24, 2.45) is 5.73 Å².